The molecule has 0 aliphatic heterocycles. The van der Waals surface area contributed by atoms with Crippen molar-refractivity contribution >= 4 is 18.3 Å². The second-order valence-corrected chi connectivity index (χ2v) is 7.51. The number of carboxylic acids is 1. The van der Waals surface area contributed by atoms with Crippen LogP contribution in [0.25, 0.3) is 0 Å². The summed E-state index contributed by atoms with van der Waals surface area (Å²) < 4.78 is 10.9. The number of hydrogen-bond donors (Lipinski definition) is 2. The third-order valence-electron chi connectivity index (χ3n) is 4.06. The first kappa shape index (κ1) is 21.9. The second-order valence-electron chi connectivity index (χ2n) is 7.51. The summed E-state index contributed by atoms with van der Waals surface area (Å²) in [5.41, 5.74) is -1.54. The normalized spacial score (nSPS) is 13.1. The van der Waals surface area contributed by atoms with E-state index in [9.17, 15) is 19.5 Å². The summed E-state index contributed by atoms with van der Waals surface area (Å²) in [5.74, 6) is -0.839. The fraction of sp³-hybridized carbons (Fsp3) is 0.318. The van der Waals surface area contributed by atoms with E-state index < -0.39 is 29.6 Å². The summed E-state index contributed by atoms with van der Waals surface area (Å²) in [6, 6.07) is 15.8. The quantitative estimate of drug-likeness (QED) is 0.657. The van der Waals surface area contributed by atoms with Gasteiger partial charge in [-0.25, -0.2) is 9.59 Å². The van der Waals surface area contributed by atoms with Gasteiger partial charge in [-0.2, -0.15) is 0 Å². The second kappa shape index (κ2) is 9.23. The molecule has 0 saturated carbocycles. The van der Waals surface area contributed by atoms with Crippen molar-refractivity contribution in [2.24, 2.45) is 0 Å². The van der Waals surface area contributed by atoms with Gasteiger partial charge in [0, 0.05) is 6.42 Å². The molecule has 0 radical (unpaired) electrons. The van der Waals surface area contributed by atoms with E-state index in [1.165, 1.54) is 12.1 Å². The first-order valence-corrected chi connectivity index (χ1v) is 9.12. The van der Waals surface area contributed by atoms with Crippen molar-refractivity contribution in [3.8, 4) is 5.75 Å². The molecule has 0 fully saturated rings. The highest BCUT2D eigenvalue weighted by Gasteiger charge is 2.43. The van der Waals surface area contributed by atoms with E-state index in [1.807, 2.05) is 30.3 Å². The fourth-order valence-electron chi connectivity index (χ4n) is 2.68. The Labute approximate surface area is 169 Å². The first-order valence-electron chi connectivity index (χ1n) is 9.12. The fourth-order valence-corrected chi connectivity index (χ4v) is 2.68. The van der Waals surface area contributed by atoms with E-state index in [0.717, 1.165) is 5.56 Å². The number of nitrogens with one attached hydrogen (secondary N) is 1. The van der Waals surface area contributed by atoms with Gasteiger partial charge in [-0.1, -0.05) is 42.5 Å². The van der Waals surface area contributed by atoms with E-state index in [4.69, 9.17) is 9.47 Å². The molecule has 7 heteroatoms. The monoisotopic (exact) mass is 399 g/mol. The highest BCUT2D eigenvalue weighted by Crippen LogP contribution is 2.28. The highest BCUT2D eigenvalue weighted by molar-refractivity contribution is 5.88. The molecule has 0 aromatic heterocycles. The van der Waals surface area contributed by atoms with Crippen LogP contribution >= 0.6 is 0 Å². The molecular formula is C22H25NO6. The van der Waals surface area contributed by atoms with E-state index in [-0.39, 0.29) is 5.56 Å². The van der Waals surface area contributed by atoms with Crippen LogP contribution in [0.5, 0.6) is 5.75 Å². The molecule has 0 saturated heterocycles. The van der Waals surface area contributed by atoms with Gasteiger partial charge >= 0.3 is 12.1 Å². The molecule has 0 heterocycles. The number of aliphatic carboxylic acids is 1. The molecular weight excluding hydrogens is 374 g/mol. The van der Waals surface area contributed by atoms with Gasteiger partial charge in [0.15, 0.2) is 5.54 Å². The standard InChI is InChI=1S/C22H25NO6/c1-21(2,3)29-20(27)23-22(13-14-24,19(25)26)17-9-11-18(12-10-17)28-15-16-7-5-4-6-8-16/h4-12,14H,13,15H2,1-3H3,(H,23,27)(H,25,26)/t22-/m1/s1. The van der Waals surface area contributed by atoms with Crippen molar-refractivity contribution in [1.82, 2.24) is 5.32 Å². The zero-order valence-corrected chi connectivity index (χ0v) is 16.7. The molecule has 29 heavy (non-hydrogen) atoms. The summed E-state index contributed by atoms with van der Waals surface area (Å²) in [7, 11) is 0. The number of benzene rings is 2. The van der Waals surface area contributed by atoms with Gasteiger partial charge in [0.25, 0.3) is 0 Å². The van der Waals surface area contributed by atoms with Crippen LogP contribution in [0.15, 0.2) is 54.6 Å². The van der Waals surface area contributed by atoms with Crippen LogP contribution in [0.3, 0.4) is 0 Å². The largest absolute Gasteiger partial charge is 0.489 e. The lowest BCUT2D eigenvalue weighted by atomic mass is 9.87. The number of hydrogen-bond acceptors (Lipinski definition) is 5. The molecule has 0 aliphatic rings. The SMILES string of the molecule is CC(C)(C)OC(=O)N[C@@](CC=O)(C(=O)O)c1ccc(OCc2ccccc2)cc1. The van der Waals surface area contributed by atoms with Crippen molar-refractivity contribution in [2.45, 2.75) is 44.9 Å². The van der Waals surface area contributed by atoms with Crippen LogP contribution in [-0.2, 0) is 26.5 Å². The lowest BCUT2D eigenvalue weighted by molar-refractivity contribution is -0.146. The molecule has 2 N–H and O–H groups in total. The van der Waals surface area contributed by atoms with Crippen LogP contribution in [0.2, 0.25) is 0 Å². The Hall–Kier alpha value is -3.35. The average molecular weight is 399 g/mol. The number of carbonyl (C=O) groups excluding carboxylic acids is 2. The van der Waals surface area contributed by atoms with Crippen molar-refractivity contribution in [3.63, 3.8) is 0 Å². The smallest absolute Gasteiger partial charge is 0.408 e. The minimum Gasteiger partial charge on any atom is -0.489 e. The highest BCUT2D eigenvalue weighted by atomic mass is 16.6. The van der Waals surface area contributed by atoms with Gasteiger partial charge in [-0.3, -0.25) is 0 Å². The van der Waals surface area contributed by atoms with Crippen LogP contribution in [0.4, 0.5) is 4.79 Å². The molecule has 0 unspecified atom stereocenters. The Bertz CT molecular complexity index is 842. The molecule has 7 nitrogen and oxygen atoms in total. The minimum absolute atomic E-state index is 0.232. The molecule has 0 bridgehead atoms. The number of carboxylic acid groups (broad SMARTS) is 1. The summed E-state index contributed by atoms with van der Waals surface area (Å²) in [6.07, 6.45) is -0.928. The number of amides is 1. The Morgan fingerprint density at radius 2 is 1.66 bits per heavy atom. The van der Waals surface area contributed by atoms with E-state index in [0.29, 0.717) is 18.6 Å². The van der Waals surface area contributed by atoms with Gasteiger partial charge < -0.3 is 24.7 Å². The van der Waals surface area contributed by atoms with E-state index >= 15 is 0 Å². The molecule has 0 aliphatic carbocycles. The van der Waals surface area contributed by atoms with Crippen molar-refractivity contribution < 1.29 is 29.0 Å². The number of ether oxygens (including phenoxy) is 2. The summed E-state index contributed by atoms with van der Waals surface area (Å²) in [4.78, 5) is 35.5. The summed E-state index contributed by atoms with van der Waals surface area (Å²) in [5, 5.41) is 12.2. The third-order valence-corrected chi connectivity index (χ3v) is 4.06. The lowest BCUT2D eigenvalue weighted by Crippen LogP contribution is -2.53. The van der Waals surface area contributed by atoms with Gasteiger partial charge in [0.1, 0.15) is 24.2 Å². The molecule has 154 valence electrons. The zero-order chi connectivity index (χ0) is 21.5. The molecule has 0 spiro atoms. The van der Waals surface area contributed by atoms with Crippen LogP contribution in [-0.4, -0.2) is 29.1 Å². The Kier molecular flexibility index (Phi) is 6.98. The van der Waals surface area contributed by atoms with Gasteiger partial charge in [-0.05, 0) is 44.0 Å². The van der Waals surface area contributed by atoms with Gasteiger partial charge in [0.05, 0.1) is 0 Å². The van der Waals surface area contributed by atoms with Crippen molar-refractivity contribution in [1.29, 1.82) is 0 Å². The molecule has 1 amide bonds. The Morgan fingerprint density at radius 1 is 1.03 bits per heavy atom. The molecule has 2 aromatic rings. The predicted molar refractivity (Wildman–Crippen MR) is 107 cm³/mol. The topological polar surface area (TPSA) is 102 Å². The Morgan fingerprint density at radius 3 is 2.17 bits per heavy atom. The third kappa shape index (κ3) is 6.07. The number of rotatable bonds is 8. The number of aldehydes is 1. The maximum absolute atomic E-state index is 12.2. The first-order chi connectivity index (χ1) is 13.7. The van der Waals surface area contributed by atoms with Crippen molar-refractivity contribution in [2.75, 3.05) is 0 Å². The predicted octanol–water partition coefficient (Wildman–Crippen LogP) is 3.66. The lowest BCUT2D eigenvalue weighted by Gasteiger charge is -2.31. The van der Waals surface area contributed by atoms with Gasteiger partial charge in [0.2, 0.25) is 0 Å². The average Bonchev–Trinajstić information content (AvgIpc) is 2.65. The van der Waals surface area contributed by atoms with Gasteiger partial charge in [-0.15, -0.1) is 0 Å². The minimum atomic E-state index is -1.94. The van der Waals surface area contributed by atoms with E-state index in [2.05, 4.69) is 5.32 Å². The van der Waals surface area contributed by atoms with Crippen LogP contribution < -0.4 is 10.1 Å². The summed E-state index contributed by atoms with van der Waals surface area (Å²) in [6.45, 7) is 5.34. The summed E-state index contributed by atoms with van der Waals surface area (Å²) >= 11 is 0. The Balaban J connectivity index is 2.22. The molecule has 2 rings (SSSR count). The van der Waals surface area contributed by atoms with Crippen molar-refractivity contribution in [3.05, 3.63) is 65.7 Å². The van der Waals surface area contributed by atoms with Crippen LogP contribution in [0.1, 0.15) is 38.3 Å². The van der Waals surface area contributed by atoms with E-state index in [1.54, 1.807) is 32.9 Å². The molecule has 1 atom stereocenters. The number of alkyl carbamates (subject to hydrolysis) is 1. The maximum atomic E-state index is 12.2. The number of carbonyl (C=O) groups is 3. The maximum Gasteiger partial charge on any atom is 0.408 e. The molecule has 2 aromatic carbocycles. The zero-order valence-electron chi connectivity index (χ0n) is 16.7. The van der Waals surface area contributed by atoms with Crippen LogP contribution in [0, 0.1) is 0 Å².